The summed E-state index contributed by atoms with van der Waals surface area (Å²) in [5.74, 6) is 1.56. The van der Waals surface area contributed by atoms with Crippen LogP contribution in [0.1, 0.15) is 43.5 Å². The van der Waals surface area contributed by atoms with Crippen molar-refractivity contribution >= 4 is 11.7 Å². The van der Waals surface area contributed by atoms with Crippen molar-refractivity contribution in [3.63, 3.8) is 0 Å². The van der Waals surface area contributed by atoms with Crippen LogP contribution in [-0.4, -0.2) is 42.2 Å². The molecule has 2 aromatic heterocycles. The highest BCUT2D eigenvalue weighted by molar-refractivity contribution is 5.91. The van der Waals surface area contributed by atoms with Gasteiger partial charge in [0.05, 0.1) is 18.1 Å². The number of aromatic nitrogens is 5. The summed E-state index contributed by atoms with van der Waals surface area (Å²) in [4.78, 5) is 16.7. The smallest absolute Gasteiger partial charge is 0.323 e. The summed E-state index contributed by atoms with van der Waals surface area (Å²) in [6.45, 7) is 5.97. The van der Waals surface area contributed by atoms with E-state index in [-0.39, 0.29) is 12.1 Å². The molecule has 1 aliphatic carbocycles. The second kappa shape index (κ2) is 6.40. The highest BCUT2D eigenvalue weighted by Crippen LogP contribution is 2.55. The first-order valence-electron chi connectivity index (χ1n) is 9.84. The highest BCUT2D eigenvalue weighted by atomic mass is 16.4. The fourth-order valence-corrected chi connectivity index (χ4v) is 4.86. The maximum absolute atomic E-state index is 13.3. The number of fused-ring (bicyclic) bond motifs is 2. The number of hydrogen-bond donors (Lipinski definition) is 1. The predicted octanol–water partition coefficient (Wildman–Crippen LogP) is 3.20. The number of nitrogens with one attached hydrogen (secondary N) is 1. The Morgan fingerprint density at radius 2 is 2.00 bits per heavy atom. The fourth-order valence-electron chi connectivity index (χ4n) is 4.86. The summed E-state index contributed by atoms with van der Waals surface area (Å²) in [5.41, 5.74) is 2.03. The van der Waals surface area contributed by atoms with Gasteiger partial charge in [0.15, 0.2) is 0 Å². The Hall–Kier alpha value is -3.23. The Balaban J connectivity index is 1.43. The van der Waals surface area contributed by atoms with E-state index in [2.05, 4.69) is 32.6 Å². The first-order valence-corrected chi connectivity index (χ1v) is 9.84. The van der Waals surface area contributed by atoms with E-state index < -0.39 is 5.54 Å². The Morgan fingerprint density at radius 1 is 1.21 bits per heavy atom. The third-order valence-corrected chi connectivity index (χ3v) is 6.00. The summed E-state index contributed by atoms with van der Waals surface area (Å²) in [5, 5.41) is 19.7. The molecule has 9 heteroatoms. The lowest BCUT2D eigenvalue weighted by Crippen LogP contribution is -2.70. The van der Waals surface area contributed by atoms with Gasteiger partial charge in [-0.2, -0.15) is 15.0 Å². The van der Waals surface area contributed by atoms with Crippen molar-refractivity contribution in [2.24, 2.45) is 5.92 Å². The van der Waals surface area contributed by atoms with Crippen molar-refractivity contribution in [3.05, 3.63) is 47.9 Å². The summed E-state index contributed by atoms with van der Waals surface area (Å²) in [6.07, 6.45) is 5.93. The summed E-state index contributed by atoms with van der Waals surface area (Å²) in [7, 11) is 0. The van der Waals surface area contributed by atoms with Gasteiger partial charge in [0.25, 0.3) is 0 Å². The van der Waals surface area contributed by atoms with E-state index in [9.17, 15) is 4.79 Å². The first kappa shape index (κ1) is 17.8. The number of amides is 2. The average molecular weight is 393 g/mol. The SMILES string of the molecule is Cc1nnc(C23CC(C[C@@H](C)C2)N3C(=O)Nc2ccc(C)c(-n3nccn3)c2)o1. The summed E-state index contributed by atoms with van der Waals surface area (Å²) in [6, 6.07) is 5.76. The average Bonchev–Trinajstić information content (AvgIpc) is 3.34. The molecule has 1 saturated heterocycles. The molecule has 1 aromatic carbocycles. The maximum Gasteiger partial charge on any atom is 0.323 e. The number of piperidine rings is 1. The molecule has 3 aromatic rings. The molecule has 2 amide bonds. The number of nitrogens with zero attached hydrogens (tertiary/aromatic N) is 6. The van der Waals surface area contributed by atoms with Crippen molar-refractivity contribution in [3.8, 4) is 5.69 Å². The molecule has 2 unspecified atom stereocenters. The normalized spacial score (nSPS) is 25.6. The van der Waals surface area contributed by atoms with Gasteiger partial charge in [0, 0.05) is 25.1 Å². The van der Waals surface area contributed by atoms with Gasteiger partial charge in [-0.25, -0.2) is 4.79 Å². The van der Waals surface area contributed by atoms with Crippen LogP contribution in [0.25, 0.3) is 5.69 Å². The van der Waals surface area contributed by atoms with Crippen LogP contribution in [0.15, 0.2) is 35.0 Å². The fraction of sp³-hybridized carbons (Fsp3) is 0.450. The lowest BCUT2D eigenvalue weighted by Gasteiger charge is -2.61. The molecule has 1 aliphatic heterocycles. The Bertz CT molecular complexity index is 1060. The van der Waals surface area contributed by atoms with Crippen LogP contribution in [0.5, 0.6) is 0 Å². The summed E-state index contributed by atoms with van der Waals surface area (Å²) >= 11 is 0. The Kier molecular flexibility index (Phi) is 3.94. The van der Waals surface area contributed by atoms with Gasteiger partial charge in [-0.1, -0.05) is 13.0 Å². The molecule has 3 atom stereocenters. The number of anilines is 1. The van der Waals surface area contributed by atoms with E-state index in [4.69, 9.17) is 4.42 Å². The minimum absolute atomic E-state index is 0.146. The highest BCUT2D eigenvalue weighted by Gasteiger charge is 2.62. The molecule has 9 nitrogen and oxygen atoms in total. The van der Waals surface area contributed by atoms with Gasteiger partial charge in [-0.3, -0.25) is 0 Å². The van der Waals surface area contributed by atoms with E-state index >= 15 is 0 Å². The number of benzene rings is 1. The molecule has 1 saturated carbocycles. The van der Waals surface area contributed by atoms with E-state index in [0.29, 0.717) is 23.4 Å². The standard InChI is InChI=1S/C20H23N7O2/c1-12-8-16-11-20(10-12,18-25-24-14(3)29-18)26(16)19(28)23-15-5-4-13(2)17(9-15)27-21-6-7-22-27/h4-7,9,12,16H,8,10-11H2,1-3H3,(H,23,28)/t12-,16?,20?/m1/s1. The largest absolute Gasteiger partial charge is 0.423 e. The van der Waals surface area contributed by atoms with Gasteiger partial charge in [0.1, 0.15) is 5.54 Å². The van der Waals surface area contributed by atoms with Crippen LogP contribution in [0.2, 0.25) is 0 Å². The monoisotopic (exact) mass is 393 g/mol. The number of aryl methyl sites for hydroxylation is 2. The minimum atomic E-state index is -0.509. The second-order valence-corrected chi connectivity index (χ2v) is 8.18. The lowest BCUT2D eigenvalue weighted by atomic mass is 9.64. The molecular formula is C20H23N7O2. The molecule has 29 heavy (non-hydrogen) atoms. The number of likely N-dealkylation sites (tertiary alicyclic amines) is 1. The zero-order chi connectivity index (χ0) is 20.2. The van der Waals surface area contributed by atoms with Crippen molar-refractivity contribution in [2.75, 3.05) is 5.32 Å². The van der Waals surface area contributed by atoms with Gasteiger partial charge in [-0.05, 0) is 43.4 Å². The first-order chi connectivity index (χ1) is 14.0. The quantitative estimate of drug-likeness (QED) is 0.733. The van der Waals surface area contributed by atoms with Crippen LogP contribution >= 0.6 is 0 Å². The zero-order valence-corrected chi connectivity index (χ0v) is 16.7. The van der Waals surface area contributed by atoms with Crippen molar-refractivity contribution < 1.29 is 9.21 Å². The summed E-state index contributed by atoms with van der Waals surface area (Å²) < 4.78 is 5.76. The van der Waals surface area contributed by atoms with Crippen molar-refractivity contribution in [1.29, 1.82) is 0 Å². The molecule has 5 rings (SSSR count). The number of carbonyl (C=O) groups excluding carboxylic acids is 1. The van der Waals surface area contributed by atoms with E-state index in [1.54, 1.807) is 24.1 Å². The van der Waals surface area contributed by atoms with Crippen LogP contribution in [-0.2, 0) is 5.54 Å². The molecule has 2 aliphatic rings. The lowest BCUT2D eigenvalue weighted by molar-refractivity contribution is -0.110. The Morgan fingerprint density at radius 3 is 2.72 bits per heavy atom. The van der Waals surface area contributed by atoms with Crippen molar-refractivity contribution in [1.82, 2.24) is 30.1 Å². The molecule has 0 radical (unpaired) electrons. The van der Waals surface area contributed by atoms with Crippen LogP contribution in [0, 0.1) is 19.8 Å². The van der Waals surface area contributed by atoms with E-state index in [0.717, 1.165) is 30.5 Å². The third-order valence-electron chi connectivity index (χ3n) is 6.00. The van der Waals surface area contributed by atoms with E-state index in [1.807, 2.05) is 30.0 Å². The van der Waals surface area contributed by atoms with Gasteiger partial charge in [0.2, 0.25) is 11.8 Å². The number of carbonyl (C=O) groups is 1. The van der Waals surface area contributed by atoms with Crippen molar-refractivity contribution in [2.45, 2.75) is 51.6 Å². The van der Waals surface area contributed by atoms with Crippen LogP contribution < -0.4 is 5.32 Å². The Labute approximate surface area is 168 Å². The molecule has 1 N–H and O–H groups in total. The topological polar surface area (TPSA) is 102 Å². The second-order valence-electron chi connectivity index (χ2n) is 8.18. The molecular weight excluding hydrogens is 370 g/mol. The number of rotatable bonds is 3. The molecule has 2 fully saturated rings. The van der Waals surface area contributed by atoms with E-state index in [1.165, 1.54) is 0 Å². The molecule has 3 heterocycles. The molecule has 0 spiro atoms. The van der Waals surface area contributed by atoms with Gasteiger partial charge < -0.3 is 14.6 Å². The molecule has 2 bridgehead atoms. The maximum atomic E-state index is 13.3. The van der Waals surface area contributed by atoms with Gasteiger partial charge in [-0.15, -0.1) is 10.2 Å². The van der Waals surface area contributed by atoms with Gasteiger partial charge >= 0.3 is 6.03 Å². The number of hydrogen-bond acceptors (Lipinski definition) is 6. The molecule has 150 valence electrons. The third kappa shape index (κ3) is 2.80. The van der Waals surface area contributed by atoms with Crippen LogP contribution in [0.4, 0.5) is 10.5 Å². The van der Waals surface area contributed by atoms with Crippen LogP contribution in [0.3, 0.4) is 0 Å². The zero-order valence-electron chi connectivity index (χ0n) is 16.7. The predicted molar refractivity (Wildman–Crippen MR) is 104 cm³/mol. The minimum Gasteiger partial charge on any atom is -0.423 e. The number of urea groups is 1.